The Balaban J connectivity index is 1.83. The van der Waals surface area contributed by atoms with E-state index in [9.17, 15) is 15.6 Å². The van der Waals surface area contributed by atoms with Gasteiger partial charge in [-0.3, -0.25) is 0 Å². The molecule has 0 amide bonds. The van der Waals surface area contributed by atoms with Gasteiger partial charge >= 0.3 is 0 Å². The van der Waals surface area contributed by atoms with Gasteiger partial charge in [0, 0.05) is 29.2 Å². The van der Waals surface area contributed by atoms with Crippen LogP contribution in [0.2, 0.25) is 0 Å². The minimum absolute atomic E-state index is 0.134. The van der Waals surface area contributed by atoms with Crippen molar-refractivity contribution in [1.29, 1.82) is 10.5 Å². The Morgan fingerprint density at radius 2 is 1.84 bits per heavy atom. The first kappa shape index (κ1) is 20.0. The van der Waals surface area contributed by atoms with Crippen LogP contribution in [0.3, 0.4) is 0 Å². The predicted molar refractivity (Wildman–Crippen MR) is 119 cm³/mol. The van der Waals surface area contributed by atoms with Crippen molar-refractivity contribution in [3.05, 3.63) is 83.2 Å². The van der Waals surface area contributed by atoms with Crippen LogP contribution in [0.1, 0.15) is 22.4 Å². The molecule has 0 spiro atoms. The first-order chi connectivity index (χ1) is 15.2. The second-order valence-corrected chi connectivity index (χ2v) is 7.05. The molecule has 0 unspecified atom stereocenters. The highest BCUT2D eigenvalue weighted by Gasteiger charge is 2.19. The zero-order chi connectivity index (χ0) is 21.8. The maximum absolute atomic E-state index is 9.83. The molecule has 0 aliphatic rings. The van der Waals surface area contributed by atoms with Gasteiger partial charge < -0.3 is 15.4 Å². The number of nitrogen functional groups attached to an aromatic ring is 1. The molecule has 31 heavy (non-hydrogen) atoms. The molecular weight excluding hydrogens is 388 g/mol. The third-order valence-electron chi connectivity index (χ3n) is 5.11. The van der Waals surface area contributed by atoms with Crippen molar-refractivity contribution in [2.75, 3.05) is 12.3 Å². The summed E-state index contributed by atoms with van der Waals surface area (Å²) in [6, 6.07) is 22.3. The molecule has 7 heteroatoms. The number of benzene rings is 2. The lowest BCUT2D eigenvalue weighted by Crippen LogP contribution is -2.07. The van der Waals surface area contributed by atoms with Gasteiger partial charge in [-0.25, -0.2) is 4.68 Å². The van der Waals surface area contributed by atoms with Crippen molar-refractivity contribution < 1.29 is 5.11 Å². The smallest absolute Gasteiger partial charge is 0.140 e. The summed E-state index contributed by atoms with van der Waals surface area (Å²) in [7, 11) is 0. The molecule has 4 aromatic rings. The average Bonchev–Trinajstić information content (AvgIpc) is 3.30. The number of aromatic nitrogens is 3. The number of nitriles is 2. The summed E-state index contributed by atoms with van der Waals surface area (Å²) in [5.74, 6) is 0.138. The van der Waals surface area contributed by atoms with Gasteiger partial charge in [0.25, 0.3) is 0 Å². The van der Waals surface area contributed by atoms with Crippen molar-refractivity contribution >= 4 is 28.4 Å². The second kappa shape index (κ2) is 8.58. The third kappa shape index (κ3) is 3.78. The largest absolute Gasteiger partial charge is 0.394 e. The minimum Gasteiger partial charge on any atom is -0.394 e. The highest BCUT2D eigenvalue weighted by molar-refractivity contribution is 5.98. The Bertz CT molecular complexity index is 1350. The molecule has 2 heterocycles. The highest BCUT2D eigenvalue weighted by atomic mass is 16.3. The van der Waals surface area contributed by atoms with Gasteiger partial charge in [0.2, 0.25) is 0 Å². The fourth-order valence-electron chi connectivity index (χ4n) is 3.65. The van der Waals surface area contributed by atoms with E-state index in [1.807, 2.05) is 54.7 Å². The van der Waals surface area contributed by atoms with E-state index in [0.29, 0.717) is 6.54 Å². The molecule has 0 aliphatic heterocycles. The zero-order valence-electron chi connectivity index (χ0n) is 16.7. The quantitative estimate of drug-likeness (QED) is 0.474. The molecule has 4 rings (SSSR count). The average molecular weight is 408 g/mol. The van der Waals surface area contributed by atoms with E-state index < -0.39 is 0 Å². The predicted octanol–water partition coefficient (Wildman–Crippen LogP) is 3.40. The van der Waals surface area contributed by atoms with Crippen LogP contribution < -0.4 is 5.73 Å². The number of aliphatic hydroxyl groups excluding tert-OH is 1. The van der Waals surface area contributed by atoms with Crippen molar-refractivity contribution in [2.45, 2.75) is 13.1 Å². The third-order valence-corrected chi connectivity index (χ3v) is 5.11. The number of hydrogen-bond acceptors (Lipinski definition) is 5. The van der Waals surface area contributed by atoms with Crippen LogP contribution >= 0.6 is 0 Å². The fourth-order valence-corrected chi connectivity index (χ4v) is 3.65. The van der Waals surface area contributed by atoms with Crippen LogP contribution in [0.25, 0.3) is 22.6 Å². The van der Waals surface area contributed by atoms with Crippen LogP contribution in [0.5, 0.6) is 0 Å². The number of fused-ring (bicyclic) bond motifs is 1. The number of para-hydroxylation sites is 1. The molecule has 3 N–H and O–H groups in total. The van der Waals surface area contributed by atoms with Gasteiger partial charge in [0.1, 0.15) is 29.2 Å². The number of hydrogen-bond donors (Lipinski definition) is 2. The van der Waals surface area contributed by atoms with Crippen molar-refractivity contribution in [3.63, 3.8) is 0 Å². The van der Waals surface area contributed by atoms with Gasteiger partial charge in [-0.2, -0.15) is 15.6 Å². The summed E-state index contributed by atoms with van der Waals surface area (Å²) >= 11 is 0. The molecular formula is C24H20N6O. The summed E-state index contributed by atoms with van der Waals surface area (Å²) in [5, 5.41) is 33.9. The molecule has 7 nitrogen and oxygen atoms in total. The number of anilines is 1. The second-order valence-electron chi connectivity index (χ2n) is 7.05. The summed E-state index contributed by atoms with van der Waals surface area (Å²) in [4.78, 5) is 0. The molecule has 0 saturated carbocycles. The number of nitrogens with two attached hydrogens (primary N) is 1. The highest BCUT2D eigenvalue weighted by Crippen LogP contribution is 2.29. The Morgan fingerprint density at radius 1 is 1.10 bits per heavy atom. The Hall–Kier alpha value is -4.33. The summed E-state index contributed by atoms with van der Waals surface area (Å²) in [5.41, 5.74) is 9.64. The normalized spacial score (nSPS) is 11.4. The molecule has 2 aromatic heterocycles. The summed E-state index contributed by atoms with van der Waals surface area (Å²) in [6.07, 6.45) is 3.73. The first-order valence-electron chi connectivity index (χ1n) is 9.77. The molecule has 0 saturated heterocycles. The number of rotatable bonds is 6. The Labute approximate surface area is 179 Å². The van der Waals surface area contributed by atoms with Crippen LogP contribution in [-0.2, 0) is 13.1 Å². The first-order valence-corrected chi connectivity index (χ1v) is 9.77. The van der Waals surface area contributed by atoms with E-state index in [4.69, 9.17) is 5.73 Å². The maximum atomic E-state index is 9.83. The maximum Gasteiger partial charge on any atom is 0.140 e. The standard InChI is InChI=1S/C24H20N6O/c25-13-18(23-21(14-26)24(27)30(28-23)10-11-31)12-19-16-29(15-17-6-2-1-3-7-17)22-9-5-4-8-20(19)22/h1-9,12,16,31H,10-11,15,27H2/b18-12-. The fraction of sp³-hybridized carbons (Fsp3) is 0.125. The van der Waals surface area contributed by atoms with Crippen LogP contribution in [0, 0.1) is 22.7 Å². The molecule has 0 atom stereocenters. The molecule has 0 radical (unpaired) electrons. The Morgan fingerprint density at radius 3 is 2.55 bits per heavy atom. The van der Waals surface area contributed by atoms with Crippen molar-refractivity contribution in [3.8, 4) is 12.1 Å². The van der Waals surface area contributed by atoms with Gasteiger partial charge in [0.05, 0.1) is 18.7 Å². The van der Waals surface area contributed by atoms with Crippen molar-refractivity contribution in [1.82, 2.24) is 14.3 Å². The topological polar surface area (TPSA) is 117 Å². The van der Waals surface area contributed by atoms with E-state index >= 15 is 0 Å². The lowest BCUT2D eigenvalue weighted by atomic mass is 10.1. The summed E-state index contributed by atoms with van der Waals surface area (Å²) < 4.78 is 3.48. The van der Waals surface area contributed by atoms with Crippen molar-refractivity contribution in [2.24, 2.45) is 0 Å². The number of aliphatic hydroxyl groups is 1. The monoisotopic (exact) mass is 408 g/mol. The SMILES string of the molecule is N#C/C(=C/c1cn(Cc2ccccc2)c2ccccc12)c1nn(CCO)c(N)c1C#N. The van der Waals surface area contributed by atoms with E-state index in [1.165, 1.54) is 10.2 Å². The Kier molecular flexibility index (Phi) is 5.53. The molecule has 152 valence electrons. The van der Waals surface area contributed by atoms with Gasteiger partial charge in [-0.1, -0.05) is 48.5 Å². The minimum atomic E-state index is -0.172. The number of allylic oxidation sites excluding steroid dienone is 1. The zero-order valence-corrected chi connectivity index (χ0v) is 16.7. The molecule has 2 aromatic carbocycles. The van der Waals surface area contributed by atoms with Crippen LogP contribution in [0.4, 0.5) is 5.82 Å². The van der Waals surface area contributed by atoms with Crippen LogP contribution in [-0.4, -0.2) is 26.1 Å². The van der Waals surface area contributed by atoms with E-state index in [2.05, 4.69) is 27.9 Å². The molecule has 0 bridgehead atoms. The lowest BCUT2D eigenvalue weighted by Gasteiger charge is -2.05. The van der Waals surface area contributed by atoms with E-state index in [1.54, 1.807) is 6.08 Å². The molecule has 0 fully saturated rings. The van der Waals surface area contributed by atoms with Gasteiger partial charge in [-0.15, -0.1) is 0 Å². The van der Waals surface area contributed by atoms with E-state index in [-0.39, 0.29) is 35.8 Å². The van der Waals surface area contributed by atoms with Gasteiger partial charge in [0.15, 0.2) is 0 Å². The van der Waals surface area contributed by atoms with Gasteiger partial charge in [-0.05, 0) is 17.7 Å². The van der Waals surface area contributed by atoms with E-state index in [0.717, 1.165) is 16.5 Å². The lowest BCUT2D eigenvalue weighted by molar-refractivity contribution is 0.270. The summed E-state index contributed by atoms with van der Waals surface area (Å²) in [6.45, 7) is 0.670. The molecule has 0 aliphatic carbocycles. The van der Waals surface area contributed by atoms with Crippen LogP contribution in [0.15, 0.2) is 60.8 Å². The number of nitrogens with zero attached hydrogens (tertiary/aromatic N) is 5.